The SMILES string of the molecule is CC(=O)O[C@@H]1CC(=O)[C@H]2[C@@H](F)[C@H]21. The van der Waals surface area contributed by atoms with E-state index in [0.29, 0.717) is 0 Å². The molecule has 2 fully saturated rings. The van der Waals surface area contributed by atoms with E-state index in [1.165, 1.54) is 6.92 Å². The number of fused-ring (bicyclic) bond motifs is 1. The van der Waals surface area contributed by atoms with Crippen LogP contribution in [-0.2, 0) is 14.3 Å². The molecule has 0 saturated heterocycles. The molecule has 12 heavy (non-hydrogen) atoms. The van der Waals surface area contributed by atoms with Crippen molar-refractivity contribution in [2.45, 2.75) is 25.6 Å². The zero-order chi connectivity index (χ0) is 8.88. The third-order valence-electron chi connectivity index (χ3n) is 2.51. The van der Waals surface area contributed by atoms with Crippen LogP contribution in [0.25, 0.3) is 0 Å². The molecule has 66 valence electrons. The number of halogens is 1. The highest BCUT2D eigenvalue weighted by Crippen LogP contribution is 2.53. The maximum absolute atomic E-state index is 12.8. The third kappa shape index (κ3) is 0.940. The molecule has 2 saturated carbocycles. The molecular weight excluding hydrogens is 163 g/mol. The number of esters is 1. The predicted molar refractivity (Wildman–Crippen MR) is 37.1 cm³/mol. The van der Waals surface area contributed by atoms with E-state index in [1.807, 2.05) is 0 Å². The minimum atomic E-state index is -1.06. The van der Waals surface area contributed by atoms with Crippen LogP contribution >= 0.6 is 0 Å². The minimum absolute atomic E-state index is 0.0984. The first-order valence-corrected chi connectivity index (χ1v) is 3.95. The summed E-state index contributed by atoms with van der Waals surface area (Å²) >= 11 is 0. The van der Waals surface area contributed by atoms with Crippen molar-refractivity contribution in [2.24, 2.45) is 11.8 Å². The largest absolute Gasteiger partial charge is 0.462 e. The lowest BCUT2D eigenvalue weighted by Crippen LogP contribution is -2.19. The molecule has 0 spiro atoms. The zero-order valence-corrected chi connectivity index (χ0v) is 6.62. The van der Waals surface area contributed by atoms with Crippen LogP contribution in [0.4, 0.5) is 4.39 Å². The standard InChI is InChI=1S/C8H9FO3/c1-3(10)12-5-2-4(11)6-7(5)8(6)9/h5-8H,2H2,1H3/t5-,6-,7+,8-/m1/s1. The van der Waals surface area contributed by atoms with Crippen LogP contribution < -0.4 is 0 Å². The van der Waals surface area contributed by atoms with Crippen LogP contribution in [-0.4, -0.2) is 24.0 Å². The Labute approximate surface area is 68.9 Å². The van der Waals surface area contributed by atoms with Gasteiger partial charge in [-0.25, -0.2) is 4.39 Å². The third-order valence-corrected chi connectivity index (χ3v) is 2.51. The molecule has 0 aliphatic heterocycles. The molecule has 2 aliphatic carbocycles. The van der Waals surface area contributed by atoms with Gasteiger partial charge in [-0.05, 0) is 0 Å². The van der Waals surface area contributed by atoms with Gasteiger partial charge >= 0.3 is 5.97 Å². The van der Waals surface area contributed by atoms with Crippen LogP contribution in [0.5, 0.6) is 0 Å². The lowest BCUT2D eigenvalue weighted by Gasteiger charge is -2.10. The molecule has 0 aromatic rings. The van der Waals surface area contributed by atoms with Crippen molar-refractivity contribution >= 4 is 11.8 Å². The van der Waals surface area contributed by atoms with Gasteiger partial charge in [-0.1, -0.05) is 0 Å². The summed E-state index contributed by atoms with van der Waals surface area (Å²) in [5.74, 6) is -1.33. The average Bonchev–Trinajstić information content (AvgIpc) is 2.47. The molecule has 3 nitrogen and oxygen atoms in total. The van der Waals surface area contributed by atoms with Crippen LogP contribution in [0, 0.1) is 11.8 Å². The number of hydrogen-bond donors (Lipinski definition) is 0. The maximum Gasteiger partial charge on any atom is 0.302 e. The highest BCUT2D eigenvalue weighted by molar-refractivity contribution is 5.89. The summed E-state index contributed by atoms with van der Waals surface area (Å²) in [6.07, 6.45) is -1.35. The molecule has 2 aliphatic rings. The van der Waals surface area contributed by atoms with Crippen molar-refractivity contribution in [3.05, 3.63) is 0 Å². The Bertz CT molecular complexity index is 251. The molecule has 0 aromatic carbocycles. The maximum atomic E-state index is 12.8. The van der Waals surface area contributed by atoms with Gasteiger partial charge in [-0.3, -0.25) is 9.59 Å². The summed E-state index contributed by atoms with van der Waals surface area (Å²) < 4.78 is 17.6. The Morgan fingerprint density at radius 2 is 2.33 bits per heavy atom. The molecule has 0 radical (unpaired) electrons. The Morgan fingerprint density at radius 1 is 1.67 bits per heavy atom. The second-order valence-corrected chi connectivity index (χ2v) is 3.37. The highest BCUT2D eigenvalue weighted by Gasteiger charge is 2.65. The Kier molecular flexibility index (Phi) is 1.46. The van der Waals surface area contributed by atoms with E-state index < -0.39 is 24.2 Å². The first kappa shape index (κ1) is 7.71. The quantitative estimate of drug-likeness (QED) is 0.540. The van der Waals surface area contributed by atoms with Gasteiger partial charge in [0.25, 0.3) is 0 Å². The van der Waals surface area contributed by atoms with E-state index in [0.717, 1.165) is 0 Å². The molecule has 0 unspecified atom stereocenters. The second kappa shape index (κ2) is 2.28. The fourth-order valence-corrected chi connectivity index (χ4v) is 1.93. The van der Waals surface area contributed by atoms with Gasteiger partial charge in [0.15, 0.2) is 0 Å². The number of hydrogen-bond acceptors (Lipinski definition) is 3. The van der Waals surface area contributed by atoms with Crippen molar-refractivity contribution in [3.63, 3.8) is 0 Å². The van der Waals surface area contributed by atoms with Crippen LogP contribution in [0.1, 0.15) is 13.3 Å². The van der Waals surface area contributed by atoms with Crippen molar-refractivity contribution in [1.82, 2.24) is 0 Å². The molecule has 0 heterocycles. The smallest absolute Gasteiger partial charge is 0.302 e. The van der Waals surface area contributed by atoms with Gasteiger partial charge in [-0.15, -0.1) is 0 Å². The lowest BCUT2D eigenvalue weighted by molar-refractivity contribution is -0.147. The van der Waals surface area contributed by atoms with Crippen LogP contribution in [0.2, 0.25) is 0 Å². The number of carbonyl (C=O) groups is 2. The Hall–Kier alpha value is -0.930. The van der Waals surface area contributed by atoms with E-state index in [-0.39, 0.29) is 18.1 Å². The van der Waals surface area contributed by atoms with Gasteiger partial charge in [-0.2, -0.15) is 0 Å². The fraction of sp³-hybridized carbons (Fsp3) is 0.750. The molecule has 4 heteroatoms. The molecular formula is C8H9FO3. The van der Waals surface area contributed by atoms with E-state index in [9.17, 15) is 14.0 Å². The molecule has 0 aromatic heterocycles. The van der Waals surface area contributed by atoms with Gasteiger partial charge < -0.3 is 4.74 Å². The Balaban J connectivity index is 2.02. The van der Waals surface area contributed by atoms with Crippen molar-refractivity contribution in [2.75, 3.05) is 0 Å². The average molecular weight is 172 g/mol. The lowest BCUT2D eigenvalue weighted by atomic mass is 10.2. The van der Waals surface area contributed by atoms with Crippen molar-refractivity contribution < 1.29 is 18.7 Å². The monoisotopic (exact) mass is 172 g/mol. The number of ether oxygens (including phenoxy) is 1. The van der Waals surface area contributed by atoms with Gasteiger partial charge in [0.05, 0.1) is 5.92 Å². The van der Waals surface area contributed by atoms with Gasteiger partial charge in [0, 0.05) is 19.3 Å². The number of ketones is 1. The topological polar surface area (TPSA) is 43.4 Å². The van der Waals surface area contributed by atoms with Crippen molar-refractivity contribution in [1.29, 1.82) is 0 Å². The number of rotatable bonds is 1. The summed E-state index contributed by atoms with van der Waals surface area (Å²) in [6.45, 7) is 1.27. The molecule has 0 N–H and O–H groups in total. The summed E-state index contributed by atoms with van der Waals surface area (Å²) in [6, 6.07) is 0. The zero-order valence-electron chi connectivity index (χ0n) is 6.62. The van der Waals surface area contributed by atoms with Crippen molar-refractivity contribution in [3.8, 4) is 0 Å². The van der Waals surface area contributed by atoms with Gasteiger partial charge in [0.1, 0.15) is 18.1 Å². The van der Waals surface area contributed by atoms with Gasteiger partial charge in [0.2, 0.25) is 0 Å². The number of Topliss-reactive ketones (excluding diaryl/α,β-unsaturated/α-hetero) is 1. The highest BCUT2D eigenvalue weighted by atomic mass is 19.1. The normalized spacial score (nSPS) is 44.0. The number of carbonyl (C=O) groups excluding carboxylic acids is 2. The summed E-state index contributed by atoms with van der Waals surface area (Å²) in [7, 11) is 0. The predicted octanol–water partition coefficient (Wildman–Crippen LogP) is 0.475. The first-order valence-electron chi connectivity index (χ1n) is 3.95. The minimum Gasteiger partial charge on any atom is -0.462 e. The first-order chi connectivity index (χ1) is 5.61. The van der Waals surface area contributed by atoms with Crippen LogP contribution in [0.3, 0.4) is 0 Å². The summed E-state index contributed by atoms with van der Waals surface area (Å²) in [5, 5.41) is 0. The van der Waals surface area contributed by atoms with E-state index in [1.54, 1.807) is 0 Å². The summed E-state index contributed by atoms with van der Waals surface area (Å²) in [5.41, 5.74) is 0. The fourth-order valence-electron chi connectivity index (χ4n) is 1.93. The molecule has 0 amide bonds. The Morgan fingerprint density at radius 3 is 2.75 bits per heavy atom. The van der Waals surface area contributed by atoms with E-state index in [4.69, 9.17) is 4.74 Å². The molecule has 0 bridgehead atoms. The van der Waals surface area contributed by atoms with E-state index >= 15 is 0 Å². The van der Waals surface area contributed by atoms with E-state index in [2.05, 4.69) is 0 Å². The number of alkyl halides is 1. The summed E-state index contributed by atoms with van der Waals surface area (Å²) in [4.78, 5) is 21.5. The molecule has 2 rings (SSSR count). The van der Waals surface area contributed by atoms with Crippen LogP contribution in [0.15, 0.2) is 0 Å². The second-order valence-electron chi connectivity index (χ2n) is 3.37. The molecule has 4 atom stereocenters.